The third-order valence-electron chi connectivity index (χ3n) is 4.35. The Labute approximate surface area is 170 Å². The maximum absolute atomic E-state index is 12.2. The molecular formula is C19H36NNaO3. The predicted molar refractivity (Wildman–Crippen MR) is 92.7 cm³/mol. The summed E-state index contributed by atoms with van der Waals surface area (Å²) in [6.45, 7) is 8.83. The van der Waals surface area contributed by atoms with Crippen molar-refractivity contribution in [1.29, 1.82) is 0 Å². The van der Waals surface area contributed by atoms with Crippen molar-refractivity contribution in [3.63, 3.8) is 0 Å². The van der Waals surface area contributed by atoms with Gasteiger partial charge in [-0.25, -0.2) is 0 Å². The van der Waals surface area contributed by atoms with Crippen molar-refractivity contribution in [3.8, 4) is 0 Å². The first-order valence-electron chi connectivity index (χ1n) is 9.40. The van der Waals surface area contributed by atoms with Gasteiger partial charge in [-0.3, -0.25) is 4.79 Å². The summed E-state index contributed by atoms with van der Waals surface area (Å²) in [7, 11) is 0. The van der Waals surface area contributed by atoms with E-state index in [2.05, 4.69) is 12.2 Å². The van der Waals surface area contributed by atoms with E-state index >= 15 is 0 Å². The molecule has 0 aromatic rings. The van der Waals surface area contributed by atoms with E-state index < -0.39 is 11.9 Å². The van der Waals surface area contributed by atoms with E-state index in [4.69, 9.17) is 0 Å². The Kier molecular flexibility index (Phi) is 17.9. The molecule has 4 nitrogen and oxygen atoms in total. The fourth-order valence-electron chi connectivity index (χ4n) is 2.92. The monoisotopic (exact) mass is 349 g/mol. The van der Waals surface area contributed by atoms with Gasteiger partial charge in [0.1, 0.15) is 0 Å². The molecule has 2 atom stereocenters. The topological polar surface area (TPSA) is 69.2 Å². The van der Waals surface area contributed by atoms with Crippen LogP contribution in [0.2, 0.25) is 0 Å². The fraction of sp³-hybridized carbons (Fsp3) is 0.895. The van der Waals surface area contributed by atoms with Crippen molar-refractivity contribution in [2.45, 2.75) is 85.5 Å². The van der Waals surface area contributed by atoms with E-state index in [0.717, 1.165) is 12.8 Å². The van der Waals surface area contributed by atoms with Gasteiger partial charge < -0.3 is 15.2 Å². The molecule has 136 valence electrons. The third kappa shape index (κ3) is 13.3. The second-order valence-corrected chi connectivity index (χ2v) is 7.05. The maximum Gasteiger partial charge on any atom is 1.00 e. The van der Waals surface area contributed by atoms with Crippen LogP contribution < -0.4 is 40.0 Å². The standard InChI is InChI=1S/C19H37NO3.Na/c1-5-7-8-9-10-11-12-20-18(21)16(6-2)14-17(19(22)23)13-15(3)4;/h15-17H,5-14H2,1-4H3,(H,20,21)(H,22,23);/q;+1/p-1/t16-,17+;/m1./s1. The molecule has 0 bridgehead atoms. The number of unbranched alkanes of at least 4 members (excludes halogenated alkanes) is 5. The van der Waals surface area contributed by atoms with Gasteiger partial charge >= 0.3 is 29.6 Å². The minimum Gasteiger partial charge on any atom is -0.550 e. The smallest absolute Gasteiger partial charge is 0.550 e. The summed E-state index contributed by atoms with van der Waals surface area (Å²) in [6, 6.07) is 0. The second-order valence-electron chi connectivity index (χ2n) is 7.05. The second kappa shape index (κ2) is 16.4. The third-order valence-corrected chi connectivity index (χ3v) is 4.35. The van der Waals surface area contributed by atoms with Gasteiger partial charge in [0.05, 0.1) is 0 Å². The van der Waals surface area contributed by atoms with Crippen LogP contribution in [0, 0.1) is 17.8 Å². The first kappa shape index (κ1) is 26.2. The molecule has 0 heterocycles. The van der Waals surface area contributed by atoms with Crippen molar-refractivity contribution < 1.29 is 44.3 Å². The zero-order chi connectivity index (χ0) is 17.7. The summed E-state index contributed by atoms with van der Waals surface area (Å²) in [5, 5.41) is 14.2. The summed E-state index contributed by atoms with van der Waals surface area (Å²) in [6.07, 6.45) is 8.79. The Morgan fingerprint density at radius 2 is 1.50 bits per heavy atom. The van der Waals surface area contributed by atoms with Crippen LogP contribution in [0.3, 0.4) is 0 Å². The predicted octanol–water partition coefficient (Wildman–Crippen LogP) is 0.296. The van der Waals surface area contributed by atoms with Crippen LogP contribution >= 0.6 is 0 Å². The number of carboxylic acids is 1. The Balaban J connectivity index is 0. The molecule has 24 heavy (non-hydrogen) atoms. The number of carbonyl (C=O) groups is 2. The molecule has 0 aromatic carbocycles. The molecular weight excluding hydrogens is 313 g/mol. The van der Waals surface area contributed by atoms with Gasteiger partial charge in [-0.2, -0.15) is 0 Å². The molecule has 0 aromatic heterocycles. The number of amides is 1. The molecule has 0 fully saturated rings. The van der Waals surface area contributed by atoms with E-state index in [9.17, 15) is 14.7 Å². The summed E-state index contributed by atoms with van der Waals surface area (Å²) in [5.41, 5.74) is 0. The SMILES string of the molecule is CCCCCCCCNC(=O)[C@H](CC)C[C@H](CC(C)C)C(=O)[O-].[Na+]. The first-order chi connectivity index (χ1) is 10.9. The number of nitrogens with one attached hydrogen (secondary N) is 1. The number of carboxylic acid groups (broad SMARTS) is 1. The summed E-state index contributed by atoms with van der Waals surface area (Å²) in [5.74, 6) is -1.49. The number of hydrogen-bond donors (Lipinski definition) is 1. The molecule has 0 spiro atoms. The number of carbonyl (C=O) groups excluding carboxylic acids is 2. The fourth-order valence-corrected chi connectivity index (χ4v) is 2.92. The average molecular weight is 349 g/mol. The van der Waals surface area contributed by atoms with Crippen LogP contribution in [0.4, 0.5) is 0 Å². The van der Waals surface area contributed by atoms with Gasteiger partial charge in [-0.05, 0) is 37.5 Å². The van der Waals surface area contributed by atoms with Crippen molar-refractivity contribution in [3.05, 3.63) is 0 Å². The number of hydrogen-bond acceptors (Lipinski definition) is 3. The molecule has 0 radical (unpaired) electrons. The minimum absolute atomic E-state index is 0. The van der Waals surface area contributed by atoms with Crippen LogP contribution in [-0.4, -0.2) is 18.4 Å². The van der Waals surface area contributed by atoms with Gasteiger partial charge in [0.15, 0.2) is 0 Å². The molecule has 0 saturated carbocycles. The van der Waals surface area contributed by atoms with Gasteiger partial charge in [0.2, 0.25) is 5.91 Å². The van der Waals surface area contributed by atoms with E-state index in [1.54, 1.807) is 0 Å². The maximum atomic E-state index is 12.2. The molecule has 0 unspecified atom stereocenters. The van der Waals surface area contributed by atoms with Crippen molar-refractivity contribution in [2.75, 3.05) is 6.54 Å². The summed E-state index contributed by atoms with van der Waals surface area (Å²) in [4.78, 5) is 23.5. The first-order valence-corrected chi connectivity index (χ1v) is 9.40. The largest absolute Gasteiger partial charge is 1.00 e. The molecule has 0 saturated heterocycles. The Hall–Kier alpha value is -0.0600. The average Bonchev–Trinajstić information content (AvgIpc) is 2.49. The van der Waals surface area contributed by atoms with Crippen LogP contribution in [0.1, 0.15) is 85.5 Å². The Morgan fingerprint density at radius 3 is 2.00 bits per heavy atom. The molecule has 0 aliphatic heterocycles. The summed E-state index contributed by atoms with van der Waals surface area (Å²) >= 11 is 0. The number of rotatable bonds is 14. The van der Waals surface area contributed by atoms with E-state index in [-0.39, 0.29) is 41.4 Å². The van der Waals surface area contributed by atoms with Crippen LogP contribution in [0.15, 0.2) is 0 Å². The summed E-state index contributed by atoms with van der Waals surface area (Å²) < 4.78 is 0. The van der Waals surface area contributed by atoms with Crippen LogP contribution in [0.5, 0.6) is 0 Å². The molecule has 0 aliphatic rings. The van der Waals surface area contributed by atoms with Crippen LogP contribution in [0.25, 0.3) is 0 Å². The van der Waals surface area contributed by atoms with Gasteiger partial charge in [0, 0.05) is 18.4 Å². The van der Waals surface area contributed by atoms with E-state index in [0.29, 0.717) is 31.7 Å². The van der Waals surface area contributed by atoms with Gasteiger partial charge in [-0.1, -0.05) is 59.8 Å². The number of aliphatic carboxylic acids is 1. The van der Waals surface area contributed by atoms with Gasteiger partial charge in [0.25, 0.3) is 0 Å². The minimum atomic E-state index is -1.03. The zero-order valence-electron chi connectivity index (χ0n) is 16.5. The van der Waals surface area contributed by atoms with E-state index in [1.807, 2.05) is 20.8 Å². The normalized spacial score (nSPS) is 13.2. The van der Waals surface area contributed by atoms with Crippen molar-refractivity contribution in [1.82, 2.24) is 5.32 Å². The molecule has 1 N–H and O–H groups in total. The van der Waals surface area contributed by atoms with Crippen molar-refractivity contribution in [2.24, 2.45) is 17.8 Å². The van der Waals surface area contributed by atoms with Crippen LogP contribution in [-0.2, 0) is 9.59 Å². The molecule has 1 amide bonds. The Bertz CT molecular complexity index is 335. The molecule has 0 rings (SSSR count). The van der Waals surface area contributed by atoms with E-state index in [1.165, 1.54) is 25.7 Å². The van der Waals surface area contributed by atoms with Crippen molar-refractivity contribution >= 4 is 11.9 Å². The zero-order valence-corrected chi connectivity index (χ0v) is 18.5. The quantitative estimate of drug-likeness (QED) is 0.362. The Morgan fingerprint density at radius 1 is 0.917 bits per heavy atom. The molecule has 5 heteroatoms. The molecule has 0 aliphatic carbocycles. The van der Waals surface area contributed by atoms with Gasteiger partial charge in [-0.15, -0.1) is 0 Å².